The molecule has 14 heavy (non-hydrogen) atoms. The van der Waals surface area contributed by atoms with Gasteiger partial charge in [0.1, 0.15) is 0 Å². The van der Waals surface area contributed by atoms with E-state index in [4.69, 9.17) is 14.2 Å². The molecular formula is C8H19O5P. The summed E-state index contributed by atoms with van der Waals surface area (Å²) >= 11 is 0. The molecule has 0 aromatic rings. The summed E-state index contributed by atoms with van der Waals surface area (Å²) in [6, 6.07) is 0. The smallest absolute Gasteiger partial charge is 0.333 e. The van der Waals surface area contributed by atoms with E-state index in [0.717, 1.165) is 0 Å². The van der Waals surface area contributed by atoms with E-state index in [1.165, 1.54) is 6.92 Å². The standard InChI is InChI=1S/C8H19O5P/c1-4-12-14(11,13-5-2)6-8(10)7(3)9/h7-10H,4-6H2,1-3H3/t7-,8-/m0/s1. The van der Waals surface area contributed by atoms with Gasteiger partial charge in [-0.05, 0) is 20.8 Å². The van der Waals surface area contributed by atoms with Crippen LogP contribution in [0.5, 0.6) is 0 Å². The molecule has 0 aromatic carbocycles. The molecule has 0 unspecified atom stereocenters. The lowest BCUT2D eigenvalue weighted by Crippen LogP contribution is -2.27. The van der Waals surface area contributed by atoms with Crippen LogP contribution < -0.4 is 0 Å². The first-order chi connectivity index (χ1) is 6.45. The van der Waals surface area contributed by atoms with Gasteiger partial charge in [-0.15, -0.1) is 0 Å². The van der Waals surface area contributed by atoms with Gasteiger partial charge in [-0.25, -0.2) is 0 Å². The average molecular weight is 226 g/mol. The average Bonchev–Trinajstić information content (AvgIpc) is 2.04. The molecule has 86 valence electrons. The maximum atomic E-state index is 11.8. The maximum absolute atomic E-state index is 11.8. The fraction of sp³-hybridized carbons (Fsp3) is 1.00. The van der Waals surface area contributed by atoms with Crippen molar-refractivity contribution < 1.29 is 23.8 Å². The third-order valence-electron chi connectivity index (χ3n) is 1.62. The zero-order chi connectivity index (χ0) is 11.2. The largest absolute Gasteiger partial charge is 0.391 e. The Kier molecular flexibility index (Phi) is 6.57. The first-order valence-corrected chi connectivity index (χ1v) is 6.42. The molecule has 0 aliphatic carbocycles. The fourth-order valence-electron chi connectivity index (χ4n) is 0.918. The van der Waals surface area contributed by atoms with E-state index in [0.29, 0.717) is 0 Å². The van der Waals surface area contributed by atoms with Crippen LogP contribution in [0.2, 0.25) is 0 Å². The van der Waals surface area contributed by atoms with E-state index in [1.54, 1.807) is 13.8 Å². The molecule has 0 aliphatic heterocycles. The van der Waals surface area contributed by atoms with Crippen LogP contribution >= 0.6 is 7.60 Å². The van der Waals surface area contributed by atoms with Crippen LogP contribution in [-0.4, -0.2) is 41.8 Å². The van der Waals surface area contributed by atoms with Gasteiger partial charge < -0.3 is 19.3 Å². The second kappa shape index (κ2) is 6.53. The predicted octanol–water partition coefficient (Wildman–Crippen LogP) is 0.994. The molecule has 0 heterocycles. The van der Waals surface area contributed by atoms with E-state index in [-0.39, 0.29) is 19.4 Å². The summed E-state index contributed by atoms with van der Waals surface area (Å²) in [7, 11) is -3.24. The first-order valence-electron chi connectivity index (χ1n) is 4.69. The number of aliphatic hydroxyl groups is 2. The first kappa shape index (κ1) is 14.1. The Morgan fingerprint density at radius 3 is 1.93 bits per heavy atom. The predicted molar refractivity (Wildman–Crippen MR) is 53.4 cm³/mol. The van der Waals surface area contributed by atoms with Gasteiger partial charge in [-0.1, -0.05) is 0 Å². The third kappa shape index (κ3) is 5.08. The van der Waals surface area contributed by atoms with Crippen molar-refractivity contribution in [3.63, 3.8) is 0 Å². The van der Waals surface area contributed by atoms with Crippen molar-refractivity contribution >= 4 is 7.60 Å². The van der Waals surface area contributed by atoms with Crippen molar-refractivity contribution in [2.75, 3.05) is 19.4 Å². The number of aliphatic hydroxyl groups excluding tert-OH is 2. The SMILES string of the molecule is CCOP(=O)(C[C@H](O)[C@H](C)O)OCC. The summed E-state index contributed by atoms with van der Waals surface area (Å²) in [6.07, 6.45) is -2.20. The van der Waals surface area contributed by atoms with Crippen LogP contribution in [0.1, 0.15) is 20.8 Å². The second-order valence-corrected chi connectivity index (χ2v) is 5.04. The topological polar surface area (TPSA) is 76.0 Å². The molecule has 0 radical (unpaired) electrons. The van der Waals surface area contributed by atoms with Crippen LogP contribution in [0, 0.1) is 0 Å². The summed E-state index contributed by atoms with van der Waals surface area (Å²) in [5.41, 5.74) is 0. The van der Waals surface area contributed by atoms with E-state index in [1.807, 2.05) is 0 Å². The fourth-order valence-corrected chi connectivity index (χ4v) is 2.75. The minimum absolute atomic E-state index is 0.174. The van der Waals surface area contributed by atoms with Crippen molar-refractivity contribution in [1.29, 1.82) is 0 Å². The van der Waals surface area contributed by atoms with Gasteiger partial charge in [0.25, 0.3) is 0 Å². The van der Waals surface area contributed by atoms with Gasteiger partial charge in [-0.2, -0.15) is 0 Å². The van der Waals surface area contributed by atoms with Crippen LogP contribution in [0.15, 0.2) is 0 Å². The Morgan fingerprint density at radius 2 is 1.64 bits per heavy atom. The molecule has 5 nitrogen and oxygen atoms in total. The highest BCUT2D eigenvalue weighted by Gasteiger charge is 2.29. The third-order valence-corrected chi connectivity index (χ3v) is 3.74. The Morgan fingerprint density at radius 1 is 1.21 bits per heavy atom. The Labute approximate surface area is 84.6 Å². The molecule has 0 amide bonds. The quantitative estimate of drug-likeness (QED) is 0.633. The number of hydrogen-bond acceptors (Lipinski definition) is 5. The molecule has 0 aliphatic rings. The second-order valence-electron chi connectivity index (χ2n) is 2.94. The van der Waals surface area contributed by atoms with Gasteiger partial charge in [0.05, 0.1) is 31.6 Å². The van der Waals surface area contributed by atoms with Gasteiger partial charge in [0.2, 0.25) is 0 Å². The molecule has 0 rings (SSSR count). The minimum atomic E-state index is -3.24. The van der Waals surface area contributed by atoms with Crippen molar-refractivity contribution in [2.24, 2.45) is 0 Å². The zero-order valence-electron chi connectivity index (χ0n) is 8.84. The van der Waals surface area contributed by atoms with Gasteiger partial charge in [0.15, 0.2) is 0 Å². The molecule has 0 saturated carbocycles. The molecule has 0 bridgehead atoms. The van der Waals surface area contributed by atoms with E-state index < -0.39 is 19.8 Å². The molecule has 0 saturated heterocycles. The van der Waals surface area contributed by atoms with E-state index in [2.05, 4.69) is 0 Å². The monoisotopic (exact) mass is 226 g/mol. The molecule has 0 spiro atoms. The number of hydrogen-bond donors (Lipinski definition) is 2. The lowest BCUT2D eigenvalue weighted by molar-refractivity contribution is 0.0407. The Balaban J connectivity index is 4.28. The highest BCUT2D eigenvalue weighted by atomic mass is 31.2. The summed E-state index contributed by atoms with van der Waals surface area (Å²) in [6.45, 7) is 5.32. The highest BCUT2D eigenvalue weighted by molar-refractivity contribution is 7.53. The summed E-state index contributed by atoms with van der Waals surface area (Å²) < 4.78 is 21.7. The zero-order valence-corrected chi connectivity index (χ0v) is 9.74. The summed E-state index contributed by atoms with van der Waals surface area (Å²) in [5, 5.41) is 18.4. The van der Waals surface area contributed by atoms with Crippen LogP contribution in [-0.2, 0) is 13.6 Å². The minimum Gasteiger partial charge on any atom is -0.391 e. The van der Waals surface area contributed by atoms with Crippen molar-refractivity contribution in [1.82, 2.24) is 0 Å². The lowest BCUT2D eigenvalue weighted by Gasteiger charge is -2.21. The Bertz CT molecular complexity index is 184. The van der Waals surface area contributed by atoms with E-state index >= 15 is 0 Å². The lowest BCUT2D eigenvalue weighted by atomic mass is 10.3. The van der Waals surface area contributed by atoms with Crippen molar-refractivity contribution in [2.45, 2.75) is 33.0 Å². The van der Waals surface area contributed by atoms with Crippen LogP contribution in [0.4, 0.5) is 0 Å². The van der Waals surface area contributed by atoms with Crippen molar-refractivity contribution in [3.8, 4) is 0 Å². The number of rotatable bonds is 7. The molecule has 2 N–H and O–H groups in total. The highest BCUT2D eigenvalue weighted by Crippen LogP contribution is 2.48. The molecule has 6 heteroatoms. The summed E-state index contributed by atoms with van der Waals surface area (Å²) in [5.74, 6) is 0. The molecule has 2 atom stereocenters. The molecular weight excluding hydrogens is 207 g/mol. The van der Waals surface area contributed by atoms with Crippen LogP contribution in [0.3, 0.4) is 0 Å². The van der Waals surface area contributed by atoms with Gasteiger partial charge in [0, 0.05) is 0 Å². The Hall–Kier alpha value is 0.0700. The molecule has 0 fully saturated rings. The normalized spacial score (nSPS) is 16.6. The van der Waals surface area contributed by atoms with E-state index in [9.17, 15) is 9.67 Å². The van der Waals surface area contributed by atoms with Gasteiger partial charge >= 0.3 is 7.60 Å². The maximum Gasteiger partial charge on any atom is 0.333 e. The van der Waals surface area contributed by atoms with Crippen molar-refractivity contribution in [3.05, 3.63) is 0 Å². The summed E-state index contributed by atoms with van der Waals surface area (Å²) in [4.78, 5) is 0. The van der Waals surface area contributed by atoms with Gasteiger partial charge in [-0.3, -0.25) is 4.57 Å². The molecule has 0 aromatic heterocycles. The van der Waals surface area contributed by atoms with Crippen LogP contribution in [0.25, 0.3) is 0 Å².